The maximum absolute atomic E-state index is 13.3. The number of carbonyl (C=O) groups excluding carboxylic acids is 3. The molecule has 35 heavy (non-hydrogen) atoms. The number of anilines is 1. The standard InChI is InChI=1S/C28H28N2O5/c1-16(2)26(32)24-25(21-7-5-4-6-18(21)11-15-23(29)31)30(28(34)27(24)33)20-12-9-19(10-13-20)22-14-8-17(3)35-22/h4-10,12-14,16,25,33H,11,15H2,1-3H3,(H2,29,31). The molecule has 1 atom stereocenters. The fraction of sp³-hybridized carbons (Fsp3) is 0.250. The fourth-order valence-corrected chi connectivity index (χ4v) is 4.39. The van der Waals surface area contributed by atoms with Gasteiger partial charge < -0.3 is 15.3 Å². The smallest absolute Gasteiger partial charge is 0.294 e. The summed E-state index contributed by atoms with van der Waals surface area (Å²) in [5.41, 5.74) is 8.23. The minimum Gasteiger partial charge on any atom is -0.503 e. The molecule has 1 aliphatic heterocycles. The Kier molecular flexibility index (Phi) is 6.60. The van der Waals surface area contributed by atoms with Crippen LogP contribution in [0, 0.1) is 12.8 Å². The van der Waals surface area contributed by atoms with Crippen molar-refractivity contribution in [2.75, 3.05) is 4.90 Å². The van der Waals surface area contributed by atoms with Crippen molar-refractivity contribution in [3.8, 4) is 11.3 Å². The molecule has 0 radical (unpaired) electrons. The molecule has 1 aromatic heterocycles. The number of aryl methyl sites for hydroxylation is 2. The molecule has 3 N–H and O–H groups in total. The van der Waals surface area contributed by atoms with Crippen molar-refractivity contribution in [3.05, 3.63) is 88.9 Å². The number of hydrogen-bond donors (Lipinski definition) is 2. The molecule has 2 aromatic carbocycles. The molecule has 0 saturated carbocycles. The predicted molar refractivity (Wildman–Crippen MR) is 133 cm³/mol. The highest BCUT2D eigenvalue weighted by atomic mass is 16.3. The number of rotatable bonds is 8. The zero-order valence-corrected chi connectivity index (χ0v) is 19.9. The Morgan fingerprint density at radius 1 is 1.06 bits per heavy atom. The van der Waals surface area contributed by atoms with E-state index in [1.807, 2.05) is 49.4 Å². The van der Waals surface area contributed by atoms with Crippen LogP contribution in [0.2, 0.25) is 0 Å². The van der Waals surface area contributed by atoms with E-state index in [2.05, 4.69) is 0 Å². The van der Waals surface area contributed by atoms with Gasteiger partial charge in [-0.25, -0.2) is 0 Å². The zero-order valence-electron chi connectivity index (χ0n) is 19.9. The highest BCUT2D eigenvalue weighted by molar-refractivity contribution is 6.17. The molecular formula is C28H28N2O5. The van der Waals surface area contributed by atoms with E-state index in [4.69, 9.17) is 10.2 Å². The minimum absolute atomic E-state index is 0.0576. The summed E-state index contributed by atoms with van der Waals surface area (Å²) in [5.74, 6) is -0.890. The van der Waals surface area contributed by atoms with Crippen LogP contribution >= 0.6 is 0 Å². The summed E-state index contributed by atoms with van der Waals surface area (Å²) in [4.78, 5) is 39.4. The summed E-state index contributed by atoms with van der Waals surface area (Å²) < 4.78 is 5.69. The van der Waals surface area contributed by atoms with Gasteiger partial charge >= 0.3 is 0 Å². The Bertz CT molecular complexity index is 1320. The number of carbonyl (C=O) groups is 3. The lowest BCUT2D eigenvalue weighted by molar-refractivity contribution is -0.119. The molecule has 0 fully saturated rings. The third-order valence-corrected chi connectivity index (χ3v) is 6.16. The first-order valence-electron chi connectivity index (χ1n) is 11.5. The Morgan fingerprint density at radius 3 is 2.34 bits per heavy atom. The van der Waals surface area contributed by atoms with Gasteiger partial charge in [-0.05, 0) is 60.9 Å². The second-order valence-corrected chi connectivity index (χ2v) is 8.98. The van der Waals surface area contributed by atoms with Crippen molar-refractivity contribution < 1.29 is 23.9 Å². The molecule has 4 rings (SSSR count). The number of furan rings is 1. The Balaban J connectivity index is 1.82. The van der Waals surface area contributed by atoms with Crippen LogP contribution in [0.4, 0.5) is 5.69 Å². The van der Waals surface area contributed by atoms with Gasteiger partial charge in [-0.1, -0.05) is 38.1 Å². The van der Waals surface area contributed by atoms with Crippen LogP contribution < -0.4 is 10.6 Å². The van der Waals surface area contributed by atoms with Crippen molar-refractivity contribution in [2.24, 2.45) is 11.7 Å². The molecule has 0 aliphatic carbocycles. The number of ketones is 1. The van der Waals surface area contributed by atoms with Crippen molar-refractivity contribution >= 4 is 23.3 Å². The minimum atomic E-state index is -0.835. The van der Waals surface area contributed by atoms with Gasteiger partial charge in [-0.15, -0.1) is 0 Å². The molecule has 3 aromatic rings. The highest BCUT2D eigenvalue weighted by Gasteiger charge is 2.45. The molecule has 0 bridgehead atoms. The van der Waals surface area contributed by atoms with Crippen LogP contribution in [-0.4, -0.2) is 22.7 Å². The van der Waals surface area contributed by atoms with Gasteiger partial charge in [-0.2, -0.15) is 0 Å². The lowest BCUT2D eigenvalue weighted by Gasteiger charge is -2.29. The molecule has 7 nitrogen and oxygen atoms in total. The molecule has 0 spiro atoms. The summed E-state index contributed by atoms with van der Waals surface area (Å²) in [6.07, 6.45) is 0.475. The number of aliphatic hydroxyl groups excluding tert-OH is 1. The number of Topliss-reactive ketones (excluding diaryl/α,β-unsaturated/α-hetero) is 1. The van der Waals surface area contributed by atoms with E-state index in [-0.39, 0.29) is 17.8 Å². The van der Waals surface area contributed by atoms with Crippen LogP contribution in [-0.2, 0) is 20.8 Å². The molecule has 1 aliphatic rings. The second kappa shape index (κ2) is 9.62. The quantitative estimate of drug-likeness (QED) is 0.489. The van der Waals surface area contributed by atoms with E-state index in [1.165, 1.54) is 4.90 Å². The number of amides is 2. The molecule has 1 unspecified atom stereocenters. The SMILES string of the molecule is Cc1ccc(-c2ccc(N3C(=O)C(O)=C(C(=O)C(C)C)C3c3ccccc3CCC(N)=O)cc2)o1. The Morgan fingerprint density at radius 2 is 1.74 bits per heavy atom. The van der Waals surface area contributed by atoms with Crippen LogP contribution in [0.25, 0.3) is 11.3 Å². The highest BCUT2D eigenvalue weighted by Crippen LogP contribution is 2.43. The fourth-order valence-electron chi connectivity index (χ4n) is 4.39. The van der Waals surface area contributed by atoms with Gasteiger partial charge in [0.25, 0.3) is 5.91 Å². The summed E-state index contributed by atoms with van der Waals surface area (Å²) in [5, 5.41) is 10.9. The van der Waals surface area contributed by atoms with Crippen molar-refractivity contribution in [1.29, 1.82) is 0 Å². The van der Waals surface area contributed by atoms with Crippen LogP contribution in [0.1, 0.15) is 43.2 Å². The third-order valence-electron chi connectivity index (χ3n) is 6.16. The van der Waals surface area contributed by atoms with Gasteiger partial charge in [0.2, 0.25) is 5.91 Å². The first-order chi connectivity index (χ1) is 16.7. The van der Waals surface area contributed by atoms with Gasteiger partial charge in [0.15, 0.2) is 11.5 Å². The lowest BCUT2D eigenvalue weighted by atomic mass is 9.87. The van der Waals surface area contributed by atoms with E-state index in [0.717, 1.165) is 16.9 Å². The number of nitrogens with zero attached hydrogens (tertiary/aromatic N) is 1. The zero-order chi connectivity index (χ0) is 25.3. The van der Waals surface area contributed by atoms with E-state index in [1.54, 1.807) is 32.0 Å². The average Bonchev–Trinajstić information content (AvgIpc) is 3.38. The second-order valence-electron chi connectivity index (χ2n) is 8.98. The van der Waals surface area contributed by atoms with E-state index in [9.17, 15) is 19.5 Å². The van der Waals surface area contributed by atoms with E-state index >= 15 is 0 Å². The monoisotopic (exact) mass is 472 g/mol. The van der Waals surface area contributed by atoms with Crippen LogP contribution in [0.15, 0.2) is 76.4 Å². The summed E-state index contributed by atoms with van der Waals surface area (Å²) >= 11 is 0. The number of nitrogens with two attached hydrogens (primary N) is 1. The summed E-state index contributed by atoms with van der Waals surface area (Å²) in [6, 6.07) is 17.4. The largest absolute Gasteiger partial charge is 0.503 e. The Hall–Kier alpha value is -4.13. The molecular weight excluding hydrogens is 444 g/mol. The number of aliphatic hydroxyl groups is 1. The summed E-state index contributed by atoms with van der Waals surface area (Å²) in [6.45, 7) is 5.32. The predicted octanol–water partition coefficient (Wildman–Crippen LogP) is 4.80. The first-order valence-corrected chi connectivity index (χ1v) is 11.5. The lowest BCUT2D eigenvalue weighted by Crippen LogP contribution is -2.32. The van der Waals surface area contributed by atoms with Gasteiger partial charge in [0.05, 0.1) is 11.6 Å². The number of hydrogen-bond acceptors (Lipinski definition) is 5. The molecule has 7 heteroatoms. The molecule has 2 amide bonds. The van der Waals surface area contributed by atoms with Crippen LogP contribution in [0.3, 0.4) is 0 Å². The third kappa shape index (κ3) is 4.62. The Labute approximate surface area is 203 Å². The number of primary amides is 1. The topological polar surface area (TPSA) is 114 Å². The van der Waals surface area contributed by atoms with E-state index in [0.29, 0.717) is 23.4 Å². The van der Waals surface area contributed by atoms with Gasteiger partial charge in [0, 0.05) is 23.6 Å². The summed E-state index contributed by atoms with van der Waals surface area (Å²) in [7, 11) is 0. The molecule has 180 valence electrons. The maximum Gasteiger partial charge on any atom is 0.294 e. The van der Waals surface area contributed by atoms with Crippen molar-refractivity contribution in [1.82, 2.24) is 0 Å². The van der Waals surface area contributed by atoms with E-state index < -0.39 is 29.5 Å². The average molecular weight is 473 g/mol. The van der Waals surface area contributed by atoms with Crippen molar-refractivity contribution in [3.63, 3.8) is 0 Å². The van der Waals surface area contributed by atoms with Crippen molar-refractivity contribution in [2.45, 2.75) is 39.7 Å². The van der Waals surface area contributed by atoms with Crippen LogP contribution in [0.5, 0.6) is 0 Å². The molecule has 2 heterocycles. The normalized spacial score (nSPS) is 15.8. The van der Waals surface area contributed by atoms with Gasteiger partial charge in [-0.3, -0.25) is 19.3 Å². The first kappa shape index (κ1) is 24.0. The molecule has 0 saturated heterocycles. The van der Waals surface area contributed by atoms with Gasteiger partial charge in [0.1, 0.15) is 11.5 Å². The number of benzene rings is 2. The maximum atomic E-state index is 13.3.